The van der Waals surface area contributed by atoms with Crippen LogP contribution in [0.5, 0.6) is 17.2 Å². The number of para-hydroxylation sites is 2. The van der Waals surface area contributed by atoms with Gasteiger partial charge >= 0.3 is 0 Å². The van der Waals surface area contributed by atoms with E-state index in [0.29, 0.717) is 47.6 Å². The van der Waals surface area contributed by atoms with Crippen molar-refractivity contribution in [3.63, 3.8) is 0 Å². The number of methoxy groups -OCH3 is 3. The minimum absolute atomic E-state index is 0.417. The second-order valence-corrected chi connectivity index (χ2v) is 6.77. The van der Waals surface area contributed by atoms with Crippen molar-refractivity contribution >= 4 is 11.0 Å². The quantitative estimate of drug-likeness (QED) is 0.473. The van der Waals surface area contributed by atoms with E-state index in [2.05, 4.69) is 20.1 Å². The Hall–Kier alpha value is -3.59. The van der Waals surface area contributed by atoms with Crippen molar-refractivity contribution in [2.24, 2.45) is 0 Å². The normalized spacial score (nSPS) is 11.2. The zero-order valence-corrected chi connectivity index (χ0v) is 17.3. The lowest BCUT2D eigenvalue weighted by Crippen LogP contribution is -2.18. The monoisotopic (exact) mass is 409 g/mol. The van der Waals surface area contributed by atoms with E-state index >= 15 is 0 Å². The molecule has 30 heavy (non-hydrogen) atoms. The number of hydrogen-bond donors (Lipinski definition) is 1. The van der Waals surface area contributed by atoms with Gasteiger partial charge in [-0.05, 0) is 31.3 Å². The molecule has 0 radical (unpaired) electrons. The molecule has 9 nitrogen and oxygen atoms in total. The molecule has 2 aromatic carbocycles. The molecule has 0 unspecified atom stereocenters. The van der Waals surface area contributed by atoms with Gasteiger partial charge in [-0.2, -0.15) is 4.98 Å². The van der Waals surface area contributed by atoms with Gasteiger partial charge in [0.1, 0.15) is 5.82 Å². The number of aromatic amines is 1. The molecule has 0 saturated heterocycles. The molecule has 4 rings (SSSR count). The molecule has 9 heteroatoms. The first kappa shape index (κ1) is 19.7. The van der Waals surface area contributed by atoms with E-state index in [9.17, 15) is 0 Å². The summed E-state index contributed by atoms with van der Waals surface area (Å²) in [7, 11) is 6.65. The standard InChI is InChI=1S/C21H23N5O4/c1-26(11-17-22-14-7-5-6-8-15(14)23-17)12-18-24-21(25-30-18)13-9-10-16(27-2)20(29-4)19(13)28-3/h5-10H,11-12H2,1-4H3,(H,22,23). The Bertz CT molecular complexity index is 1120. The molecule has 2 heterocycles. The van der Waals surface area contributed by atoms with Crippen LogP contribution in [0.3, 0.4) is 0 Å². The number of H-pyrrole nitrogens is 1. The van der Waals surface area contributed by atoms with Crippen LogP contribution in [-0.2, 0) is 13.1 Å². The van der Waals surface area contributed by atoms with E-state index in [1.165, 1.54) is 0 Å². The van der Waals surface area contributed by atoms with Gasteiger partial charge in [-0.3, -0.25) is 4.90 Å². The van der Waals surface area contributed by atoms with E-state index in [4.69, 9.17) is 18.7 Å². The van der Waals surface area contributed by atoms with Gasteiger partial charge in [0.15, 0.2) is 11.5 Å². The fourth-order valence-corrected chi connectivity index (χ4v) is 3.33. The first-order valence-electron chi connectivity index (χ1n) is 9.37. The minimum atomic E-state index is 0.417. The first-order chi connectivity index (χ1) is 14.6. The predicted octanol–water partition coefficient (Wildman–Crippen LogP) is 3.27. The van der Waals surface area contributed by atoms with Gasteiger partial charge in [-0.15, -0.1) is 0 Å². The van der Waals surface area contributed by atoms with E-state index in [0.717, 1.165) is 16.9 Å². The maximum absolute atomic E-state index is 5.51. The number of hydrogen-bond acceptors (Lipinski definition) is 8. The fourth-order valence-electron chi connectivity index (χ4n) is 3.33. The van der Waals surface area contributed by atoms with E-state index in [1.807, 2.05) is 42.3 Å². The molecule has 0 bridgehead atoms. The van der Waals surface area contributed by atoms with Crippen LogP contribution in [0.25, 0.3) is 22.4 Å². The molecule has 4 aromatic rings. The zero-order chi connectivity index (χ0) is 21.1. The highest BCUT2D eigenvalue weighted by atomic mass is 16.5. The first-order valence-corrected chi connectivity index (χ1v) is 9.37. The van der Waals surface area contributed by atoms with Crippen LogP contribution in [0.1, 0.15) is 11.7 Å². The Morgan fingerprint density at radius 1 is 0.933 bits per heavy atom. The Labute approximate surface area is 173 Å². The molecule has 0 fully saturated rings. The van der Waals surface area contributed by atoms with Crippen molar-refractivity contribution in [2.75, 3.05) is 28.4 Å². The summed E-state index contributed by atoms with van der Waals surface area (Å²) in [4.78, 5) is 14.5. The summed E-state index contributed by atoms with van der Waals surface area (Å²) >= 11 is 0. The molecule has 0 aliphatic rings. The van der Waals surface area contributed by atoms with E-state index in [-0.39, 0.29) is 0 Å². The molecule has 0 aliphatic carbocycles. The highest BCUT2D eigenvalue weighted by molar-refractivity contribution is 5.74. The lowest BCUT2D eigenvalue weighted by atomic mass is 10.1. The highest BCUT2D eigenvalue weighted by Crippen LogP contribution is 2.43. The molecule has 156 valence electrons. The second kappa shape index (κ2) is 8.42. The van der Waals surface area contributed by atoms with E-state index in [1.54, 1.807) is 27.4 Å². The van der Waals surface area contributed by atoms with Gasteiger partial charge in [-0.1, -0.05) is 17.3 Å². The number of imidazole rings is 1. The molecule has 0 amide bonds. The summed E-state index contributed by atoms with van der Waals surface area (Å²) in [5.41, 5.74) is 2.62. The minimum Gasteiger partial charge on any atom is -0.493 e. The Morgan fingerprint density at radius 3 is 2.47 bits per heavy atom. The summed E-state index contributed by atoms with van der Waals surface area (Å²) < 4.78 is 21.7. The Balaban J connectivity index is 1.51. The number of nitrogens with one attached hydrogen (secondary N) is 1. The molecule has 0 saturated carbocycles. The van der Waals surface area contributed by atoms with Crippen molar-refractivity contribution in [3.05, 3.63) is 48.1 Å². The van der Waals surface area contributed by atoms with Crippen LogP contribution < -0.4 is 14.2 Å². The number of fused-ring (bicyclic) bond motifs is 1. The molecule has 0 spiro atoms. The predicted molar refractivity (Wildman–Crippen MR) is 111 cm³/mol. The number of ether oxygens (including phenoxy) is 3. The number of aromatic nitrogens is 4. The largest absolute Gasteiger partial charge is 0.493 e. The van der Waals surface area contributed by atoms with Gasteiger partial charge in [0.2, 0.25) is 17.5 Å². The molecule has 0 atom stereocenters. The number of rotatable bonds is 8. The summed E-state index contributed by atoms with van der Waals surface area (Å²) in [5, 5.41) is 4.11. The summed E-state index contributed by atoms with van der Waals surface area (Å²) in [6, 6.07) is 11.5. The van der Waals surface area contributed by atoms with Crippen LogP contribution in [0.2, 0.25) is 0 Å². The SMILES string of the molecule is COc1ccc(-c2noc(CN(C)Cc3nc4ccccc4[nH]3)n2)c(OC)c1OC. The van der Waals surface area contributed by atoms with Crippen LogP contribution >= 0.6 is 0 Å². The summed E-state index contributed by atoms with van der Waals surface area (Å²) in [6.45, 7) is 1.09. The van der Waals surface area contributed by atoms with Gasteiger partial charge < -0.3 is 23.7 Å². The molecule has 1 N–H and O–H groups in total. The van der Waals surface area contributed by atoms with Crippen LogP contribution in [0.4, 0.5) is 0 Å². The van der Waals surface area contributed by atoms with Gasteiger partial charge in [0.25, 0.3) is 0 Å². The van der Waals surface area contributed by atoms with Crippen LogP contribution in [0.15, 0.2) is 40.9 Å². The van der Waals surface area contributed by atoms with Crippen molar-refractivity contribution in [1.82, 2.24) is 25.0 Å². The van der Waals surface area contributed by atoms with Gasteiger partial charge in [-0.25, -0.2) is 4.98 Å². The number of benzene rings is 2. The number of nitrogens with zero attached hydrogens (tertiary/aromatic N) is 4. The van der Waals surface area contributed by atoms with Crippen molar-refractivity contribution in [2.45, 2.75) is 13.1 Å². The fraction of sp³-hybridized carbons (Fsp3) is 0.286. The Kier molecular flexibility index (Phi) is 5.53. The third-order valence-corrected chi connectivity index (χ3v) is 4.68. The third kappa shape index (κ3) is 3.79. The second-order valence-electron chi connectivity index (χ2n) is 6.77. The highest BCUT2D eigenvalue weighted by Gasteiger charge is 2.21. The van der Waals surface area contributed by atoms with Crippen LogP contribution in [-0.4, -0.2) is 53.4 Å². The lowest BCUT2D eigenvalue weighted by molar-refractivity contribution is 0.257. The average molecular weight is 409 g/mol. The summed E-state index contributed by atoms with van der Waals surface area (Å²) in [6.07, 6.45) is 0. The maximum Gasteiger partial charge on any atom is 0.241 e. The third-order valence-electron chi connectivity index (χ3n) is 4.68. The smallest absolute Gasteiger partial charge is 0.241 e. The zero-order valence-electron chi connectivity index (χ0n) is 17.3. The lowest BCUT2D eigenvalue weighted by Gasteiger charge is -2.14. The topological polar surface area (TPSA) is 98.5 Å². The molecular formula is C21H23N5O4. The van der Waals surface area contributed by atoms with Crippen molar-refractivity contribution in [3.8, 4) is 28.6 Å². The maximum atomic E-state index is 5.51. The van der Waals surface area contributed by atoms with Gasteiger partial charge in [0, 0.05) is 0 Å². The van der Waals surface area contributed by atoms with E-state index < -0.39 is 0 Å². The molecular weight excluding hydrogens is 386 g/mol. The molecule has 2 aromatic heterocycles. The van der Waals surface area contributed by atoms with Crippen molar-refractivity contribution < 1.29 is 18.7 Å². The van der Waals surface area contributed by atoms with Crippen LogP contribution in [0, 0.1) is 0 Å². The van der Waals surface area contributed by atoms with Crippen molar-refractivity contribution in [1.29, 1.82) is 0 Å². The molecule has 0 aliphatic heterocycles. The summed E-state index contributed by atoms with van der Waals surface area (Å²) in [5.74, 6) is 3.30. The van der Waals surface area contributed by atoms with Gasteiger partial charge in [0.05, 0.1) is 51.0 Å². The average Bonchev–Trinajstić information content (AvgIpc) is 3.38. The Morgan fingerprint density at radius 2 is 1.73 bits per heavy atom.